The average molecular weight is 292 g/mol. The van der Waals surface area contributed by atoms with Gasteiger partial charge in [0.15, 0.2) is 0 Å². The van der Waals surface area contributed by atoms with E-state index in [9.17, 15) is 13.2 Å². The van der Waals surface area contributed by atoms with E-state index in [0.29, 0.717) is 5.56 Å². The van der Waals surface area contributed by atoms with E-state index < -0.39 is 17.6 Å². The molecule has 2 N–H and O–H groups in total. The fourth-order valence-electron chi connectivity index (χ4n) is 1.65. The molecule has 21 heavy (non-hydrogen) atoms. The largest absolute Gasteiger partial charge is 0.421 e. The molecular formula is C15H11F3N2O. The molecule has 2 aromatic rings. The Kier molecular flexibility index (Phi) is 4.07. The maximum absolute atomic E-state index is 12.6. The Bertz CT molecular complexity index is 666. The standard InChI is InChI=1S/C15H11F3N2O/c16-15(17,18)12-8-4-7-11(9-12)14(20)21-13(19)10-5-2-1-3-6-10/h1-9,19-20H. The van der Waals surface area contributed by atoms with Gasteiger partial charge < -0.3 is 4.74 Å². The van der Waals surface area contributed by atoms with Gasteiger partial charge in [0.1, 0.15) is 0 Å². The Hall–Kier alpha value is -2.63. The number of alkyl halides is 3. The smallest absolute Gasteiger partial charge is 0.416 e. The van der Waals surface area contributed by atoms with Gasteiger partial charge in [0.05, 0.1) is 5.56 Å². The van der Waals surface area contributed by atoms with E-state index in [-0.39, 0.29) is 11.5 Å². The van der Waals surface area contributed by atoms with Gasteiger partial charge in [-0.05, 0) is 30.3 Å². The summed E-state index contributed by atoms with van der Waals surface area (Å²) >= 11 is 0. The summed E-state index contributed by atoms with van der Waals surface area (Å²) in [5.41, 5.74) is -0.459. The first-order chi connectivity index (χ1) is 9.88. The molecular weight excluding hydrogens is 281 g/mol. The van der Waals surface area contributed by atoms with Crippen LogP contribution in [0.25, 0.3) is 0 Å². The van der Waals surface area contributed by atoms with Crippen LogP contribution < -0.4 is 0 Å². The van der Waals surface area contributed by atoms with Crippen LogP contribution in [0.15, 0.2) is 54.6 Å². The number of rotatable bonds is 2. The highest BCUT2D eigenvalue weighted by Crippen LogP contribution is 2.29. The maximum Gasteiger partial charge on any atom is 0.416 e. The molecule has 0 saturated carbocycles. The second kappa shape index (κ2) is 5.78. The van der Waals surface area contributed by atoms with E-state index in [1.54, 1.807) is 30.3 Å². The van der Waals surface area contributed by atoms with Crippen molar-refractivity contribution in [3.05, 3.63) is 71.3 Å². The monoisotopic (exact) mass is 292 g/mol. The van der Waals surface area contributed by atoms with Crippen LogP contribution in [0.3, 0.4) is 0 Å². The van der Waals surface area contributed by atoms with Gasteiger partial charge in [-0.25, -0.2) is 0 Å². The molecule has 0 radical (unpaired) electrons. The molecule has 0 bridgehead atoms. The molecule has 0 spiro atoms. The van der Waals surface area contributed by atoms with Crippen LogP contribution in [0.1, 0.15) is 16.7 Å². The van der Waals surface area contributed by atoms with Gasteiger partial charge in [0.25, 0.3) is 0 Å². The molecule has 0 atom stereocenters. The van der Waals surface area contributed by atoms with E-state index >= 15 is 0 Å². The highest BCUT2D eigenvalue weighted by atomic mass is 19.4. The van der Waals surface area contributed by atoms with Crippen LogP contribution >= 0.6 is 0 Å². The number of hydrogen-bond donors (Lipinski definition) is 2. The van der Waals surface area contributed by atoms with Crippen molar-refractivity contribution in [3.8, 4) is 0 Å². The molecule has 2 aromatic carbocycles. The number of benzene rings is 2. The lowest BCUT2D eigenvalue weighted by molar-refractivity contribution is -0.137. The van der Waals surface area contributed by atoms with Crippen LogP contribution in [0.4, 0.5) is 13.2 Å². The molecule has 0 amide bonds. The van der Waals surface area contributed by atoms with Gasteiger partial charge in [-0.15, -0.1) is 0 Å². The quantitative estimate of drug-likeness (QED) is 0.636. The van der Waals surface area contributed by atoms with E-state index in [1.165, 1.54) is 12.1 Å². The van der Waals surface area contributed by atoms with Gasteiger partial charge in [-0.1, -0.05) is 24.3 Å². The topological polar surface area (TPSA) is 56.9 Å². The highest BCUT2D eigenvalue weighted by molar-refractivity contribution is 6.04. The number of halogens is 3. The number of ether oxygens (including phenoxy) is 1. The third-order valence-corrected chi connectivity index (χ3v) is 2.69. The van der Waals surface area contributed by atoms with Crippen LogP contribution in [0.5, 0.6) is 0 Å². The summed E-state index contributed by atoms with van der Waals surface area (Å²) in [6.07, 6.45) is -4.48. The minimum absolute atomic E-state index is 0.0366. The highest BCUT2D eigenvalue weighted by Gasteiger charge is 2.30. The number of hydrogen-bond acceptors (Lipinski definition) is 3. The molecule has 0 aliphatic heterocycles. The minimum atomic E-state index is -4.48. The van der Waals surface area contributed by atoms with Crippen molar-refractivity contribution in [1.82, 2.24) is 0 Å². The lowest BCUT2D eigenvalue weighted by Gasteiger charge is -2.11. The Balaban J connectivity index is 2.16. The van der Waals surface area contributed by atoms with Crippen molar-refractivity contribution in [3.63, 3.8) is 0 Å². The van der Waals surface area contributed by atoms with E-state index in [2.05, 4.69) is 0 Å². The summed E-state index contributed by atoms with van der Waals surface area (Å²) in [4.78, 5) is 0. The van der Waals surface area contributed by atoms with E-state index in [0.717, 1.165) is 12.1 Å². The Morgan fingerprint density at radius 1 is 0.810 bits per heavy atom. The molecule has 0 unspecified atom stereocenters. The van der Waals surface area contributed by atoms with E-state index in [1.807, 2.05) is 0 Å². The molecule has 0 heterocycles. The summed E-state index contributed by atoms with van der Waals surface area (Å²) in [6.45, 7) is 0. The van der Waals surface area contributed by atoms with Crippen molar-refractivity contribution in [2.24, 2.45) is 0 Å². The normalized spacial score (nSPS) is 11.0. The van der Waals surface area contributed by atoms with Gasteiger partial charge in [0.2, 0.25) is 11.8 Å². The SMILES string of the molecule is N=C(OC(=N)c1cccc(C(F)(F)F)c1)c1ccccc1. The lowest BCUT2D eigenvalue weighted by atomic mass is 10.1. The second-order valence-corrected chi connectivity index (χ2v) is 4.20. The molecule has 3 nitrogen and oxygen atoms in total. The fraction of sp³-hybridized carbons (Fsp3) is 0.0667. The van der Waals surface area contributed by atoms with Crippen molar-refractivity contribution in [1.29, 1.82) is 10.8 Å². The lowest BCUT2D eigenvalue weighted by Crippen LogP contribution is -2.14. The van der Waals surface area contributed by atoms with Gasteiger partial charge >= 0.3 is 6.18 Å². The van der Waals surface area contributed by atoms with Crippen LogP contribution in [-0.2, 0) is 10.9 Å². The summed E-state index contributed by atoms with van der Waals surface area (Å²) in [7, 11) is 0. The zero-order valence-corrected chi connectivity index (χ0v) is 10.7. The zero-order chi connectivity index (χ0) is 15.5. The molecule has 0 saturated heterocycles. The summed E-state index contributed by atoms with van der Waals surface area (Å²) in [5.74, 6) is -0.798. The first kappa shape index (κ1) is 14.8. The van der Waals surface area contributed by atoms with Crippen molar-refractivity contribution >= 4 is 11.8 Å². The van der Waals surface area contributed by atoms with Gasteiger partial charge in [0, 0.05) is 11.1 Å². The van der Waals surface area contributed by atoms with Crippen LogP contribution in [0.2, 0.25) is 0 Å². The molecule has 0 fully saturated rings. The van der Waals surface area contributed by atoms with Crippen LogP contribution in [-0.4, -0.2) is 11.8 Å². The Morgan fingerprint density at radius 3 is 2.00 bits per heavy atom. The second-order valence-electron chi connectivity index (χ2n) is 4.20. The Labute approximate surface area is 119 Å². The summed E-state index contributed by atoms with van der Waals surface area (Å²) in [6, 6.07) is 12.6. The third kappa shape index (κ3) is 3.68. The first-order valence-corrected chi connectivity index (χ1v) is 5.96. The van der Waals surface area contributed by atoms with Crippen molar-refractivity contribution in [2.45, 2.75) is 6.18 Å². The first-order valence-electron chi connectivity index (χ1n) is 5.96. The Morgan fingerprint density at radius 2 is 1.38 bits per heavy atom. The average Bonchev–Trinajstić information content (AvgIpc) is 2.47. The summed E-state index contributed by atoms with van der Waals surface area (Å²) < 4.78 is 42.8. The van der Waals surface area contributed by atoms with Gasteiger partial charge in [-0.2, -0.15) is 13.2 Å². The minimum Gasteiger partial charge on any atom is -0.421 e. The predicted molar refractivity (Wildman–Crippen MR) is 72.6 cm³/mol. The maximum atomic E-state index is 12.6. The predicted octanol–water partition coefficient (Wildman–Crippen LogP) is 4.07. The summed E-state index contributed by atoms with van der Waals surface area (Å²) in [5, 5.41) is 15.4. The van der Waals surface area contributed by atoms with Gasteiger partial charge in [-0.3, -0.25) is 10.8 Å². The molecule has 0 aliphatic rings. The van der Waals surface area contributed by atoms with Crippen molar-refractivity contribution in [2.75, 3.05) is 0 Å². The van der Waals surface area contributed by atoms with Crippen LogP contribution in [0, 0.1) is 10.8 Å². The fourth-order valence-corrected chi connectivity index (χ4v) is 1.65. The molecule has 0 aliphatic carbocycles. The molecule has 6 heteroatoms. The molecule has 108 valence electrons. The molecule has 2 rings (SSSR count). The van der Waals surface area contributed by atoms with Crippen molar-refractivity contribution < 1.29 is 17.9 Å². The number of nitrogens with one attached hydrogen (secondary N) is 2. The third-order valence-electron chi connectivity index (χ3n) is 2.69. The molecule has 0 aromatic heterocycles. The van der Waals surface area contributed by atoms with E-state index in [4.69, 9.17) is 15.6 Å². The zero-order valence-electron chi connectivity index (χ0n) is 10.7.